The zero-order chi connectivity index (χ0) is 14.5. The zero-order valence-electron chi connectivity index (χ0n) is 12.5. The molecule has 0 atom stereocenters. The quantitative estimate of drug-likeness (QED) is 0.714. The summed E-state index contributed by atoms with van der Waals surface area (Å²) in [5, 5.41) is 3.45. The average Bonchev–Trinajstić information content (AvgIpc) is 2.93. The van der Waals surface area contributed by atoms with Crippen molar-refractivity contribution in [2.45, 2.75) is 19.8 Å². The summed E-state index contributed by atoms with van der Waals surface area (Å²) >= 11 is 0. The van der Waals surface area contributed by atoms with Crippen LogP contribution in [0, 0.1) is 0 Å². The first-order valence-electron chi connectivity index (χ1n) is 7.70. The van der Waals surface area contributed by atoms with Crippen molar-refractivity contribution in [3.8, 4) is 0 Å². The van der Waals surface area contributed by atoms with Gasteiger partial charge in [-0.05, 0) is 46.9 Å². The highest BCUT2D eigenvalue weighted by Crippen LogP contribution is 2.30. The molecule has 0 saturated carbocycles. The second-order valence-corrected chi connectivity index (χ2v) is 5.42. The number of hydrogen-bond acceptors (Lipinski definition) is 1. The first-order valence-corrected chi connectivity index (χ1v) is 7.70. The van der Waals surface area contributed by atoms with E-state index >= 15 is 0 Å². The molecule has 106 valence electrons. The molecule has 2 aromatic rings. The van der Waals surface area contributed by atoms with Gasteiger partial charge in [0.2, 0.25) is 0 Å². The molecule has 0 heterocycles. The summed E-state index contributed by atoms with van der Waals surface area (Å²) in [6.07, 6.45) is 9.06. The molecule has 1 N–H and O–H groups in total. The summed E-state index contributed by atoms with van der Waals surface area (Å²) in [6.45, 7) is 3.26. The van der Waals surface area contributed by atoms with Crippen molar-refractivity contribution in [1.82, 2.24) is 0 Å². The van der Waals surface area contributed by atoms with Crippen LogP contribution >= 0.6 is 0 Å². The number of anilines is 1. The molecule has 0 aromatic heterocycles. The lowest BCUT2D eigenvalue weighted by molar-refractivity contribution is 0.834. The monoisotopic (exact) mass is 275 g/mol. The fourth-order valence-electron chi connectivity index (χ4n) is 2.59. The van der Waals surface area contributed by atoms with Crippen LogP contribution in [0.2, 0.25) is 0 Å². The zero-order valence-corrected chi connectivity index (χ0v) is 12.5. The van der Waals surface area contributed by atoms with Crippen LogP contribution in [0.1, 0.15) is 36.5 Å². The first-order chi connectivity index (χ1) is 10.4. The normalized spacial score (nSPS) is 14.4. The highest BCUT2D eigenvalue weighted by molar-refractivity contribution is 5.97. The largest absolute Gasteiger partial charge is 0.385 e. The van der Waals surface area contributed by atoms with Crippen molar-refractivity contribution >= 4 is 23.4 Å². The predicted octanol–water partition coefficient (Wildman–Crippen LogP) is 5.47. The van der Waals surface area contributed by atoms with E-state index in [-0.39, 0.29) is 0 Å². The van der Waals surface area contributed by atoms with E-state index in [1.165, 1.54) is 40.8 Å². The lowest BCUT2D eigenvalue weighted by atomic mass is 10.0. The minimum Gasteiger partial charge on any atom is -0.385 e. The summed E-state index contributed by atoms with van der Waals surface area (Å²) in [5.41, 5.74) is 6.36. The van der Waals surface area contributed by atoms with Crippen LogP contribution in [0.4, 0.5) is 5.69 Å². The van der Waals surface area contributed by atoms with Crippen LogP contribution in [0.15, 0.2) is 54.6 Å². The van der Waals surface area contributed by atoms with Crippen LogP contribution in [0.3, 0.4) is 0 Å². The third-order valence-electron chi connectivity index (χ3n) is 3.81. The molecule has 21 heavy (non-hydrogen) atoms. The van der Waals surface area contributed by atoms with Gasteiger partial charge in [-0.3, -0.25) is 0 Å². The summed E-state index contributed by atoms with van der Waals surface area (Å²) in [6, 6.07) is 17.2. The lowest BCUT2D eigenvalue weighted by Crippen LogP contribution is -2.00. The Morgan fingerprint density at radius 1 is 0.952 bits per heavy atom. The fourth-order valence-corrected chi connectivity index (χ4v) is 2.59. The molecule has 1 nitrogen and oxygen atoms in total. The lowest BCUT2D eigenvalue weighted by Gasteiger charge is -2.06. The summed E-state index contributed by atoms with van der Waals surface area (Å²) in [7, 11) is 0. The fraction of sp³-hybridized carbons (Fsp3) is 0.200. The van der Waals surface area contributed by atoms with Crippen molar-refractivity contribution < 1.29 is 0 Å². The van der Waals surface area contributed by atoms with Crippen molar-refractivity contribution in [2.24, 2.45) is 0 Å². The number of fused-ring (bicyclic) bond motifs is 1. The Labute approximate surface area is 127 Å². The predicted molar refractivity (Wildman–Crippen MR) is 93.2 cm³/mol. The second kappa shape index (κ2) is 6.45. The molecule has 2 aromatic carbocycles. The molecule has 1 aliphatic rings. The number of allylic oxidation sites excluding steroid dienone is 2. The van der Waals surface area contributed by atoms with Gasteiger partial charge in [-0.15, -0.1) is 0 Å². The molecule has 3 rings (SSSR count). The Hall–Kier alpha value is -2.28. The summed E-state index contributed by atoms with van der Waals surface area (Å²) in [5.74, 6) is 0. The van der Waals surface area contributed by atoms with Crippen LogP contribution in [0.25, 0.3) is 17.7 Å². The van der Waals surface area contributed by atoms with E-state index in [1.807, 2.05) is 0 Å². The van der Waals surface area contributed by atoms with Gasteiger partial charge in [-0.25, -0.2) is 0 Å². The molecule has 0 amide bonds. The number of hydrogen-bond donors (Lipinski definition) is 1. The molecule has 1 heteroatoms. The summed E-state index contributed by atoms with van der Waals surface area (Å²) < 4.78 is 0. The van der Waals surface area contributed by atoms with E-state index in [9.17, 15) is 0 Å². The van der Waals surface area contributed by atoms with E-state index < -0.39 is 0 Å². The number of rotatable bonds is 5. The van der Waals surface area contributed by atoms with Gasteiger partial charge >= 0.3 is 0 Å². The standard InChI is InChI=1S/C20H21N/c1-2-3-14-21-19-12-8-16(9-13-19)15-18-11-10-17-6-4-5-7-20(17)18/h4-13,15,21H,2-3,14H2,1H3/b18-15+. The van der Waals surface area contributed by atoms with E-state index in [0.717, 1.165) is 6.54 Å². The number of nitrogens with one attached hydrogen (secondary N) is 1. The van der Waals surface area contributed by atoms with Crippen molar-refractivity contribution in [1.29, 1.82) is 0 Å². The Morgan fingerprint density at radius 3 is 2.57 bits per heavy atom. The van der Waals surface area contributed by atoms with Gasteiger partial charge in [0, 0.05) is 12.2 Å². The van der Waals surface area contributed by atoms with E-state index in [1.54, 1.807) is 0 Å². The van der Waals surface area contributed by atoms with Crippen LogP contribution in [0.5, 0.6) is 0 Å². The van der Waals surface area contributed by atoms with Gasteiger partial charge < -0.3 is 5.32 Å². The highest BCUT2D eigenvalue weighted by Gasteiger charge is 2.08. The Kier molecular flexibility index (Phi) is 4.20. The Balaban J connectivity index is 1.74. The molecule has 0 fully saturated rings. The first kappa shape index (κ1) is 13.7. The van der Waals surface area contributed by atoms with Gasteiger partial charge in [-0.2, -0.15) is 0 Å². The average molecular weight is 275 g/mol. The molecule has 1 aliphatic carbocycles. The van der Waals surface area contributed by atoms with Crippen LogP contribution in [-0.4, -0.2) is 6.54 Å². The summed E-state index contributed by atoms with van der Waals surface area (Å²) in [4.78, 5) is 0. The maximum Gasteiger partial charge on any atom is 0.0340 e. The Morgan fingerprint density at radius 2 is 1.76 bits per heavy atom. The van der Waals surface area contributed by atoms with Gasteiger partial charge in [0.05, 0.1) is 0 Å². The maximum atomic E-state index is 3.45. The van der Waals surface area contributed by atoms with Crippen LogP contribution < -0.4 is 5.32 Å². The van der Waals surface area contributed by atoms with Gasteiger partial charge in [-0.1, -0.05) is 61.9 Å². The molecular formula is C20H21N. The van der Waals surface area contributed by atoms with Crippen molar-refractivity contribution in [2.75, 3.05) is 11.9 Å². The van der Waals surface area contributed by atoms with E-state index in [2.05, 4.69) is 79.0 Å². The van der Waals surface area contributed by atoms with Crippen LogP contribution in [-0.2, 0) is 0 Å². The minimum atomic E-state index is 1.05. The maximum absolute atomic E-state index is 3.45. The SMILES string of the molecule is CCCCNc1ccc(/C=C2\C=Cc3ccccc32)cc1. The minimum absolute atomic E-state index is 1.05. The smallest absolute Gasteiger partial charge is 0.0340 e. The Bertz CT molecular complexity index is 662. The third kappa shape index (κ3) is 3.25. The molecule has 0 aliphatic heterocycles. The molecular weight excluding hydrogens is 254 g/mol. The van der Waals surface area contributed by atoms with Gasteiger partial charge in [0.15, 0.2) is 0 Å². The highest BCUT2D eigenvalue weighted by atomic mass is 14.9. The molecule has 0 unspecified atom stereocenters. The van der Waals surface area contributed by atoms with E-state index in [4.69, 9.17) is 0 Å². The second-order valence-electron chi connectivity index (χ2n) is 5.42. The topological polar surface area (TPSA) is 12.0 Å². The van der Waals surface area contributed by atoms with Gasteiger partial charge in [0.25, 0.3) is 0 Å². The van der Waals surface area contributed by atoms with E-state index in [0.29, 0.717) is 0 Å². The molecule has 0 bridgehead atoms. The molecule has 0 spiro atoms. The number of benzene rings is 2. The molecule has 0 saturated heterocycles. The number of unbranched alkanes of at least 4 members (excludes halogenated alkanes) is 1. The third-order valence-corrected chi connectivity index (χ3v) is 3.81. The molecule has 0 radical (unpaired) electrons. The van der Waals surface area contributed by atoms with Crippen molar-refractivity contribution in [3.63, 3.8) is 0 Å². The van der Waals surface area contributed by atoms with Gasteiger partial charge in [0.1, 0.15) is 0 Å². The van der Waals surface area contributed by atoms with Crippen molar-refractivity contribution in [3.05, 3.63) is 71.3 Å².